The zero-order valence-electron chi connectivity index (χ0n) is 13.0. The number of rotatable bonds is 4. The van der Waals surface area contributed by atoms with Crippen molar-refractivity contribution in [2.75, 3.05) is 0 Å². The van der Waals surface area contributed by atoms with E-state index >= 15 is 0 Å². The highest BCUT2D eigenvalue weighted by Crippen LogP contribution is 2.51. The second-order valence-electron chi connectivity index (χ2n) is 6.49. The lowest BCUT2D eigenvalue weighted by Crippen LogP contribution is -2.23. The van der Waals surface area contributed by atoms with Crippen LogP contribution >= 0.6 is 0 Å². The third kappa shape index (κ3) is 2.86. The average Bonchev–Trinajstić information content (AvgIpc) is 3.18. The van der Waals surface area contributed by atoms with E-state index in [1.54, 1.807) is 0 Å². The molecule has 0 aliphatic heterocycles. The van der Waals surface area contributed by atoms with Crippen molar-refractivity contribution in [3.63, 3.8) is 0 Å². The van der Waals surface area contributed by atoms with Gasteiger partial charge in [-0.1, -0.05) is 13.8 Å². The molecule has 22 heavy (non-hydrogen) atoms. The summed E-state index contributed by atoms with van der Waals surface area (Å²) in [5, 5.41) is 8.30. The summed E-state index contributed by atoms with van der Waals surface area (Å²) >= 11 is 0. The summed E-state index contributed by atoms with van der Waals surface area (Å²) in [5.41, 5.74) is 1.97. The molecule has 0 aromatic carbocycles. The molecule has 1 aliphatic carbocycles. The van der Waals surface area contributed by atoms with Crippen LogP contribution in [0.1, 0.15) is 43.9 Å². The lowest BCUT2D eigenvalue weighted by molar-refractivity contribution is 0.531. The summed E-state index contributed by atoms with van der Waals surface area (Å²) in [6.45, 7) is 6.42. The van der Waals surface area contributed by atoms with E-state index in [1.807, 2.05) is 13.0 Å². The molecule has 2 aromatic heterocycles. The van der Waals surface area contributed by atoms with Crippen LogP contribution in [-0.4, -0.2) is 20.2 Å². The summed E-state index contributed by atoms with van der Waals surface area (Å²) in [6, 6.07) is 1.94. The molecule has 1 fully saturated rings. The van der Waals surface area contributed by atoms with Crippen LogP contribution in [0.25, 0.3) is 11.3 Å². The second-order valence-corrected chi connectivity index (χ2v) is 6.49. The first-order valence-electron chi connectivity index (χ1n) is 7.62. The van der Waals surface area contributed by atoms with Gasteiger partial charge in [-0.05, 0) is 49.1 Å². The predicted molar refractivity (Wildman–Crippen MR) is 83.7 cm³/mol. The van der Waals surface area contributed by atoms with Crippen LogP contribution < -0.4 is 11.2 Å². The molecule has 2 aromatic rings. The van der Waals surface area contributed by atoms with Gasteiger partial charge in [0.1, 0.15) is 5.69 Å². The quantitative estimate of drug-likeness (QED) is 0.903. The molecule has 0 amide bonds. The summed E-state index contributed by atoms with van der Waals surface area (Å²) in [5.74, 6) is 1.90. The van der Waals surface area contributed by atoms with Gasteiger partial charge in [0, 0.05) is 6.20 Å². The summed E-state index contributed by atoms with van der Waals surface area (Å²) in [6.07, 6.45) is 3.77. The average molecular weight is 300 g/mol. The van der Waals surface area contributed by atoms with Gasteiger partial charge in [-0.15, -0.1) is 5.10 Å². The first-order valence-corrected chi connectivity index (χ1v) is 7.62. The molecule has 2 heterocycles. The SMILES string of the molecule is Cc1nnc(-c2c[nH]c(=O)[nH]c2=O)cc1[C@H]1C[C@@H]1CC(C)C. The van der Waals surface area contributed by atoms with Crippen molar-refractivity contribution >= 4 is 0 Å². The molecule has 1 saturated carbocycles. The molecule has 6 heteroatoms. The molecule has 6 nitrogen and oxygen atoms in total. The Morgan fingerprint density at radius 2 is 2.09 bits per heavy atom. The topological polar surface area (TPSA) is 91.5 Å². The lowest BCUT2D eigenvalue weighted by atomic mass is 10.0. The first kappa shape index (κ1) is 14.7. The fourth-order valence-electron chi connectivity index (χ4n) is 3.07. The fraction of sp³-hybridized carbons (Fsp3) is 0.500. The van der Waals surface area contributed by atoms with E-state index in [1.165, 1.54) is 24.6 Å². The lowest BCUT2D eigenvalue weighted by Gasteiger charge is -2.07. The summed E-state index contributed by atoms with van der Waals surface area (Å²) in [4.78, 5) is 27.7. The van der Waals surface area contributed by atoms with Gasteiger partial charge in [0.2, 0.25) is 0 Å². The van der Waals surface area contributed by atoms with Gasteiger partial charge < -0.3 is 4.98 Å². The van der Waals surface area contributed by atoms with Crippen molar-refractivity contribution in [1.29, 1.82) is 0 Å². The first-order chi connectivity index (χ1) is 10.5. The Labute approximate surface area is 128 Å². The van der Waals surface area contributed by atoms with Gasteiger partial charge in [-0.25, -0.2) is 4.79 Å². The van der Waals surface area contributed by atoms with Crippen LogP contribution in [0.2, 0.25) is 0 Å². The van der Waals surface area contributed by atoms with Crippen LogP contribution in [0.3, 0.4) is 0 Å². The normalized spacial score (nSPS) is 20.4. The number of hydrogen-bond acceptors (Lipinski definition) is 4. The Morgan fingerprint density at radius 3 is 2.77 bits per heavy atom. The molecule has 0 saturated heterocycles. The van der Waals surface area contributed by atoms with Crippen LogP contribution in [0.4, 0.5) is 0 Å². The van der Waals surface area contributed by atoms with Gasteiger partial charge >= 0.3 is 5.69 Å². The highest BCUT2D eigenvalue weighted by molar-refractivity contribution is 5.57. The van der Waals surface area contributed by atoms with Crippen LogP contribution in [0, 0.1) is 18.8 Å². The molecule has 1 aliphatic rings. The zero-order chi connectivity index (χ0) is 15.9. The van der Waals surface area contributed by atoms with Gasteiger partial charge in [0.05, 0.1) is 11.3 Å². The van der Waals surface area contributed by atoms with E-state index in [2.05, 4.69) is 34.0 Å². The minimum Gasteiger partial charge on any atom is -0.313 e. The second kappa shape index (κ2) is 5.51. The number of nitrogens with one attached hydrogen (secondary N) is 2. The van der Waals surface area contributed by atoms with Crippen LogP contribution in [-0.2, 0) is 0 Å². The van der Waals surface area contributed by atoms with E-state index in [9.17, 15) is 9.59 Å². The molecular weight excluding hydrogens is 280 g/mol. The maximum absolute atomic E-state index is 11.9. The zero-order valence-corrected chi connectivity index (χ0v) is 13.0. The van der Waals surface area contributed by atoms with Gasteiger partial charge in [-0.2, -0.15) is 5.10 Å². The van der Waals surface area contributed by atoms with E-state index < -0.39 is 11.2 Å². The molecule has 0 radical (unpaired) electrons. The molecule has 0 bridgehead atoms. The minimum absolute atomic E-state index is 0.342. The predicted octanol–water partition coefficient (Wildman–Crippen LogP) is 1.98. The van der Waals surface area contributed by atoms with Gasteiger partial charge in [0.15, 0.2) is 0 Å². The fourth-order valence-corrected chi connectivity index (χ4v) is 3.07. The Kier molecular flexibility index (Phi) is 3.68. The van der Waals surface area contributed by atoms with Crippen molar-refractivity contribution in [3.05, 3.63) is 44.4 Å². The molecule has 0 spiro atoms. The molecule has 2 atom stereocenters. The third-order valence-electron chi connectivity index (χ3n) is 4.21. The van der Waals surface area contributed by atoms with Crippen LogP contribution in [0.5, 0.6) is 0 Å². The molecule has 2 N–H and O–H groups in total. The smallest absolute Gasteiger partial charge is 0.313 e. The highest BCUT2D eigenvalue weighted by atomic mass is 16.2. The van der Waals surface area contributed by atoms with Crippen molar-refractivity contribution in [1.82, 2.24) is 20.2 Å². The van der Waals surface area contributed by atoms with E-state index in [4.69, 9.17) is 0 Å². The molecule has 116 valence electrons. The van der Waals surface area contributed by atoms with Crippen molar-refractivity contribution in [3.8, 4) is 11.3 Å². The maximum atomic E-state index is 11.9. The number of aromatic nitrogens is 4. The molecule has 3 rings (SSSR count). The van der Waals surface area contributed by atoms with Crippen molar-refractivity contribution in [2.24, 2.45) is 11.8 Å². The maximum Gasteiger partial charge on any atom is 0.325 e. The third-order valence-corrected chi connectivity index (χ3v) is 4.21. The molecular formula is C16H20N4O2. The Balaban J connectivity index is 1.94. The Hall–Kier alpha value is -2.24. The van der Waals surface area contributed by atoms with Crippen LogP contribution in [0.15, 0.2) is 21.9 Å². The monoisotopic (exact) mass is 300 g/mol. The largest absolute Gasteiger partial charge is 0.325 e. The van der Waals surface area contributed by atoms with E-state index in [0.29, 0.717) is 29.0 Å². The highest BCUT2D eigenvalue weighted by Gasteiger charge is 2.39. The Morgan fingerprint density at radius 1 is 1.32 bits per heavy atom. The van der Waals surface area contributed by atoms with E-state index in [0.717, 1.165) is 5.69 Å². The number of H-pyrrole nitrogens is 2. The van der Waals surface area contributed by atoms with E-state index in [-0.39, 0.29) is 0 Å². The number of hydrogen-bond donors (Lipinski definition) is 2. The van der Waals surface area contributed by atoms with Gasteiger partial charge in [-0.3, -0.25) is 9.78 Å². The number of aryl methyl sites for hydroxylation is 1. The Bertz CT molecular complexity index is 806. The summed E-state index contributed by atoms with van der Waals surface area (Å²) in [7, 11) is 0. The summed E-state index contributed by atoms with van der Waals surface area (Å²) < 4.78 is 0. The van der Waals surface area contributed by atoms with Gasteiger partial charge in [0.25, 0.3) is 5.56 Å². The number of nitrogens with zero attached hydrogens (tertiary/aromatic N) is 2. The standard InChI is InChI=1S/C16H20N4O2/c1-8(2)4-10-5-12(10)11-6-14(20-19-9(11)3)13-7-17-16(22)18-15(13)21/h6-8,10,12H,4-5H2,1-3H3,(H2,17,18,21,22)/t10-,12-/m0/s1. The molecule has 0 unspecified atom stereocenters. The van der Waals surface area contributed by atoms with Crippen molar-refractivity contribution in [2.45, 2.75) is 39.5 Å². The number of aromatic amines is 2. The van der Waals surface area contributed by atoms with Crippen molar-refractivity contribution < 1.29 is 0 Å². The minimum atomic E-state index is -0.520.